The lowest BCUT2D eigenvalue weighted by atomic mass is 10.0. The maximum Gasteiger partial charge on any atom is 0.256 e. The van der Waals surface area contributed by atoms with Gasteiger partial charge in [0.15, 0.2) is 0 Å². The molecule has 7 heteroatoms. The van der Waals surface area contributed by atoms with E-state index in [0.717, 1.165) is 30.6 Å². The number of hydrogen-bond acceptors (Lipinski definition) is 4. The molecule has 1 saturated heterocycles. The molecule has 1 atom stereocenters. The Morgan fingerprint density at radius 2 is 1.83 bits per heavy atom. The number of anilines is 1. The molecule has 0 saturated carbocycles. The SMILES string of the molecule is CCC1CCCCN1S(=O)(=O)c1ccc(NC(=O)c2ccccc2SC(C)C)cc1. The van der Waals surface area contributed by atoms with Crippen LogP contribution in [0.3, 0.4) is 0 Å². The number of thioether (sulfide) groups is 1. The molecule has 30 heavy (non-hydrogen) atoms. The molecular weight excluding hydrogens is 416 g/mol. The number of nitrogens with one attached hydrogen (secondary N) is 1. The van der Waals surface area contributed by atoms with Gasteiger partial charge in [0.05, 0.1) is 10.5 Å². The predicted octanol–water partition coefficient (Wildman–Crippen LogP) is 5.39. The summed E-state index contributed by atoms with van der Waals surface area (Å²) < 4.78 is 27.8. The Balaban J connectivity index is 1.76. The second-order valence-corrected chi connectivity index (χ2v) is 11.3. The van der Waals surface area contributed by atoms with Gasteiger partial charge in [0.2, 0.25) is 10.0 Å². The smallest absolute Gasteiger partial charge is 0.256 e. The average molecular weight is 447 g/mol. The Bertz CT molecular complexity index is 972. The van der Waals surface area contributed by atoms with Crippen LogP contribution in [0.2, 0.25) is 0 Å². The van der Waals surface area contributed by atoms with Gasteiger partial charge < -0.3 is 5.32 Å². The molecular formula is C23H30N2O3S2. The van der Waals surface area contributed by atoms with Gasteiger partial charge in [-0.25, -0.2) is 8.42 Å². The molecule has 0 aromatic heterocycles. The van der Waals surface area contributed by atoms with Crippen LogP contribution in [0.5, 0.6) is 0 Å². The molecule has 2 aromatic rings. The first kappa shape index (κ1) is 22.8. The van der Waals surface area contributed by atoms with Crippen LogP contribution < -0.4 is 5.32 Å². The van der Waals surface area contributed by atoms with Gasteiger partial charge in [0.1, 0.15) is 0 Å². The van der Waals surface area contributed by atoms with E-state index in [9.17, 15) is 13.2 Å². The minimum absolute atomic E-state index is 0.0677. The Morgan fingerprint density at radius 1 is 1.13 bits per heavy atom. The van der Waals surface area contributed by atoms with Crippen LogP contribution in [0.25, 0.3) is 0 Å². The molecule has 1 unspecified atom stereocenters. The van der Waals surface area contributed by atoms with Crippen molar-refractivity contribution in [2.75, 3.05) is 11.9 Å². The van der Waals surface area contributed by atoms with Gasteiger partial charge >= 0.3 is 0 Å². The van der Waals surface area contributed by atoms with Crippen molar-refractivity contribution in [1.29, 1.82) is 0 Å². The van der Waals surface area contributed by atoms with Crippen molar-refractivity contribution in [2.24, 2.45) is 0 Å². The van der Waals surface area contributed by atoms with Gasteiger partial charge in [-0.05, 0) is 55.7 Å². The summed E-state index contributed by atoms with van der Waals surface area (Å²) in [5, 5.41) is 3.26. The third-order valence-corrected chi connectivity index (χ3v) is 8.30. The Hall–Kier alpha value is -1.83. The van der Waals surface area contributed by atoms with E-state index < -0.39 is 10.0 Å². The standard InChI is InChI=1S/C23H30N2O3S2/c1-4-19-9-7-8-16-25(19)30(27,28)20-14-12-18(13-15-20)24-23(26)21-10-5-6-11-22(21)29-17(2)3/h5-6,10-15,17,19H,4,7-9,16H2,1-3H3,(H,24,26). The van der Waals surface area contributed by atoms with Gasteiger partial charge in [0.25, 0.3) is 5.91 Å². The highest BCUT2D eigenvalue weighted by Gasteiger charge is 2.32. The molecule has 0 spiro atoms. The van der Waals surface area contributed by atoms with Gasteiger partial charge in [-0.3, -0.25) is 4.79 Å². The number of benzene rings is 2. The van der Waals surface area contributed by atoms with Crippen LogP contribution in [-0.4, -0.2) is 36.5 Å². The average Bonchev–Trinajstić information content (AvgIpc) is 2.74. The van der Waals surface area contributed by atoms with Crippen molar-refractivity contribution in [2.45, 2.75) is 67.5 Å². The summed E-state index contributed by atoms with van der Waals surface area (Å²) in [6.07, 6.45) is 3.71. The van der Waals surface area contributed by atoms with Crippen molar-refractivity contribution in [3.05, 3.63) is 54.1 Å². The summed E-state index contributed by atoms with van der Waals surface area (Å²) in [7, 11) is -3.52. The molecule has 0 bridgehead atoms. The quantitative estimate of drug-likeness (QED) is 0.579. The van der Waals surface area contributed by atoms with E-state index in [1.807, 2.05) is 25.1 Å². The number of carbonyl (C=O) groups is 1. The van der Waals surface area contributed by atoms with Crippen LogP contribution in [0.1, 0.15) is 56.8 Å². The molecule has 0 aliphatic carbocycles. The fourth-order valence-corrected chi connectivity index (χ4v) is 6.47. The van der Waals surface area contributed by atoms with E-state index in [1.165, 1.54) is 0 Å². The number of hydrogen-bond donors (Lipinski definition) is 1. The molecule has 1 fully saturated rings. The first-order chi connectivity index (χ1) is 14.3. The molecule has 3 rings (SSSR count). The van der Waals surface area contributed by atoms with E-state index in [4.69, 9.17) is 0 Å². The third-order valence-electron chi connectivity index (χ3n) is 5.26. The highest BCUT2D eigenvalue weighted by molar-refractivity contribution is 8.00. The van der Waals surface area contributed by atoms with Gasteiger partial charge in [-0.15, -0.1) is 11.8 Å². The van der Waals surface area contributed by atoms with Crippen LogP contribution in [0, 0.1) is 0 Å². The summed E-state index contributed by atoms with van der Waals surface area (Å²) in [6.45, 7) is 6.78. The van der Waals surface area contributed by atoms with Crippen LogP contribution in [0.15, 0.2) is 58.3 Å². The lowest BCUT2D eigenvalue weighted by molar-refractivity contribution is 0.102. The summed E-state index contributed by atoms with van der Waals surface area (Å²) in [5.74, 6) is -0.198. The van der Waals surface area contributed by atoms with E-state index >= 15 is 0 Å². The molecule has 5 nitrogen and oxygen atoms in total. The number of piperidine rings is 1. The second kappa shape index (κ2) is 9.98. The number of sulfonamides is 1. The fourth-order valence-electron chi connectivity index (χ4n) is 3.75. The summed E-state index contributed by atoms with van der Waals surface area (Å²) in [5.41, 5.74) is 1.20. The second-order valence-electron chi connectivity index (χ2n) is 7.81. The normalized spacial score (nSPS) is 17.8. The van der Waals surface area contributed by atoms with E-state index in [0.29, 0.717) is 23.0 Å². The van der Waals surface area contributed by atoms with Crippen molar-refractivity contribution in [1.82, 2.24) is 4.31 Å². The molecule has 162 valence electrons. The van der Waals surface area contributed by atoms with Crippen LogP contribution in [0.4, 0.5) is 5.69 Å². The minimum atomic E-state index is -3.52. The van der Waals surface area contributed by atoms with Crippen molar-refractivity contribution < 1.29 is 13.2 Å². The van der Waals surface area contributed by atoms with Crippen molar-refractivity contribution in [3.8, 4) is 0 Å². The summed E-state index contributed by atoms with van der Waals surface area (Å²) in [6, 6.07) is 14.1. The zero-order valence-electron chi connectivity index (χ0n) is 17.8. The highest BCUT2D eigenvalue weighted by Crippen LogP contribution is 2.29. The Kier molecular flexibility index (Phi) is 7.60. The van der Waals surface area contributed by atoms with Crippen LogP contribution in [-0.2, 0) is 10.0 Å². The molecule has 1 aliphatic rings. The van der Waals surface area contributed by atoms with E-state index in [2.05, 4.69) is 19.2 Å². The van der Waals surface area contributed by atoms with Crippen molar-refractivity contribution >= 4 is 33.4 Å². The molecule has 0 radical (unpaired) electrons. The van der Waals surface area contributed by atoms with Crippen molar-refractivity contribution in [3.63, 3.8) is 0 Å². The maximum absolute atomic E-state index is 13.1. The molecule has 1 amide bonds. The maximum atomic E-state index is 13.1. The first-order valence-electron chi connectivity index (χ1n) is 10.5. The highest BCUT2D eigenvalue weighted by atomic mass is 32.2. The Labute approximate surface area is 184 Å². The zero-order valence-corrected chi connectivity index (χ0v) is 19.4. The van der Waals surface area contributed by atoms with E-state index in [-0.39, 0.29) is 16.8 Å². The minimum Gasteiger partial charge on any atom is -0.322 e. The number of nitrogens with zero attached hydrogens (tertiary/aromatic N) is 1. The topological polar surface area (TPSA) is 66.5 Å². The predicted molar refractivity (Wildman–Crippen MR) is 124 cm³/mol. The molecule has 2 aromatic carbocycles. The summed E-state index contributed by atoms with van der Waals surface area (Å²) in [4.78, 5) is 14.0. The molecule has 1 N–H and O–H groups in total. The van der Waals surface area contributed by atoms with E-state index in [1.54, 1.807) is 46.4 Å². The lowest BCUT2D eigenvalue weighted by Gasteiger charge is -2.34. The van der Waals surface area contributed by atoms with Crippen LogP contribution >= 0.6 is 11.8 Å². The number of rotatable bonds is 7. The third kappa shape index (κ3) is 5.25. The molecule has 1 heterocycles. The Morgan fingerprint density at radius 3 is 2.50 bits per heavy atom. The monoisotopic (exact) mass is 446 g/mol. The fraction of sp³-hybridized carbons (Fsp3) is 0.435. The largest absolute Gasteiger partial charge is 0.322 e. The van der Waals surface area contributed by atoms with Gasteiger partial charge in [0, 0.05) is 28.4 Å². The lowest BCUT2D eigenvalue weighted by Crippen LogP contribution is -2.43. The first-order valence-corrected chi connectivity index (χ1v) is 12.8. The van der Waals surface area contributed by atoms with Gasteiger partial charge in [-0.1, -0.05) is 39.3 Å². The number of amides is 1. The molecule has 1 aliphatic heterocycles. The summed E-state index contributed by atoms with van der Waals surface area (Å²) >= 11 is 1.64. The zero-order chi connectivity index (χ0) is 21.7. The van der Waals surface area contributed by atoms with Gasteiger partial charge in [-0.2, -0.15) is 4.31 Å². The number of carbonyl (C=O) groups excluding carboxylic acids is 1.